The van der Waals surface area contributed by atoms with Crippen LogP contribution < -0.4 is 15.4 Å². The number of hydrogen-bond acceptors (Lipinski definition) is 5. The molecule has 0 radical (unpaired) electrons. The quantitative estimate of drug-likeness (QED) is 0.799. The SMILES string of the molecule is CC1CN(c2ccc(N)c(OCC(F)(F)F)c2)CCN1C(=O)OC(C)(C)C. The minimum Gasteiger partial charge on any atom is -0.482 e. The van der Waals surface area contributed by atoms with Gasteiger partial charge in [0.1, 0.15) is 11.4 Å². The van der Waals surface area contributed by atoms with E-state index in [2.05, 4.69) is 0 Å². The second-order valence-corrected chi connectivity index (χ2v) is 7.59. The van der Waals surface area contributed by atoms with Crippen molar-refractivity contribution in [1.29, 1.82) is 0 Å². The third-order valence-corrected chi connectivity index (χ3v) is 4.01. The van der Waals surface area contributed by atoms with Gasteiger partial charge in [-0.3, -0.25) is 0 Å². The first kappa shape index (κ1) is 21.0. The maximum absolute atomic E-state index is 12.4. The zero-order valence-corrected chi connectivity index (χ0v) is 16.0. The average molecular weight is 389 g/mol. The first-order valence-corrected chi connectivity index (χ1v) is 8.69. The Bertz CT molecular complexity index is 674. The zero-order valence-electron chi connectivity index (χ0n) is 16.0. The van der Waals surface area contributed by atoms with Crippen molar-refractivity contribution >= 4 is 17.5 Å². The highest BCUT2D eigenvalue weighted by molar-refractivity contribution is 5.69. The van der Waals surface area contributed by atoms with E-state index in [4.69, 9.17) is 15.2 Å². The van der Waals surface area contributed by atoms with E-state index in [1.807, 2.05) is 32.6 Å². The molecule has 6 nitrogen and oxygen atoms in total. The molecular weight excluding hydrogens is 363 g/mol. The molecular formula is C18H26F3N3O3. The fraction of sp³-hybridized carbons (Fsp3) is 0.611. The van der Waals surface area contributed by atoms with Gasteiger partial charge in [0.15, 0.2) is 6.61 Å². The van der Waals surface area contributed by atoms with Crippen molar-refractivity contribution in [3.05, 3.63) is 18.2 Å². The molecule has 1 unspecified atom stereocenters. The second kappa shape index (κ2) is 7.74. The number of hydrogen-bond donors (Lipinski definition) is 1. The maximum atomic E-state index is 12.4. The van der Waals surface area contributed by atoms with E-state index in [0.717, 1.165) is 0 Å². The third kappa shape index (κ3) is 6.11. The molecule has 1 heterocycles. The molecule has 1 aromatic rings. The predicted molar refractivity (Wildman–Crippen MR) is 97.0 cm³/mol. The highest BCUT2D eigenvalue weighted by atomic mass is 19.4. The van der Waals surface area contributed by atoms with Crippen LogP contribution in [-0.4, -0.2) is 55.1 Å². The van der Waals surface area contributed by atoms with Gasteiger partial charge in [0.2, 0.25) is 0 Å². The van der Waals surface area contributed by atoms with E-state index in [1.54, 1.807) is 11.0 Å². The van der Waals surface area contributed by atoms with Gasteiger partial charge < -0.3 is 25.0 Å². The van der Waals surface area contributed by atoms with Crippen LogP contribution in [0.5, 0.6) is 5.75 Å². The minimum atomic E-state index is -4.43. The number of nitrogen functional groups attached to an aromatic ring is 1. The van der Waals surface area contributed by atoms with Crippen LogP contribution in [0, 0.1) is 0 Å². The number of alkyl halides is 3. The van der Waals surface area contributed by atoms with Crippen molar-refractivity contribution < 1.29 is 27.4 Å². The molecule has 0 bridgehead atoms. The molecule has 27 heavy (non-hydrogen) atoms. The highest BCUT2D eigenvalue weighted by Gasteiger charge is 2.32. The Kier molecular flexibility index (Phi) is 6.01. The average Bonchev–Trinajstić information content (AvgIpc) is 2.51. The molecule has 1 aliphatic heterocycles. The Morgan fingerprint density at radius 2 is 1.93 bits per heavy atom. The monoisotopic (exact) mass is 389 g/mol. The molecule has 9 heteroatoms. The molecule has 1 saturated heterocycles. The van der Waals surface area contributed by atoms with E-state index in [1.165, 1.54) is 12.1 Å². The summed E-state index contributed by atoms with van der Waals surface area (Å²) in [5, 5.41) is 0. The zero-order chi connectivity index (χ0) is 20.4. The van der Waals surface area contributed by atoms with Crippen molar-refractivity contribution in [3.8, 4) is 5.75 Å². The van der Waals surface area contributed by atoms with Crippen LogP contribution in [0.2, 0.25) is 0 Å². The van der Waals surface area contributed by atoms with Gasteiger partial charge in [-0.2, -0.15) is 13.2 Å². The molecule has 1 aliphatic rings. The van der Waals surface area contributed by atoms with Crippen molar-refractivity contribution in [2.24, 2.45) is 0 Å². The molecule has 0 saturated carbocycles. The van der Waals surface area contributed by atoms with Crippen molar-refractivity contribution in [2.45, 2.75) is 45.5 Å². The summed E-state index contributed by atoms with van der Waals surface area (Å²) in [6.45, 7) is 7.40. The summed E-state index contributed by atoms with van der Waals surface area (Å²) in [7, 11) is 0. The predicted octanol–water partition coefficient (Wildman–Crippen LogP) is 3.66. The van der Waals surface area contributed by atoms with E-state index in [0.29, 0.717) is 25.3 Å². The van der Waals surface area contributed by atoms with Crippen molar-refractivity contribution in [1.82, 2.24) is 4.90 Å². The Hall–Kier alpha value is -2.32. The number of rotatable bonds is 3. The maximum Gasteiger partial charge on any atom is 0.422 e. The molecule has 0 aliphatic carbocycles. The fourth-order valence-electron chi connectivity index (χ4n) is 2.79. The molecule has 2 rings (SSSR count). The number of benzene rings is 1. The number of amides is 1. The molecule has 0 spiro atoms. The van der Waals surface area contributed by atoms with E-state index >= 15 is 0 Å². The first-order chi connectivity index (χ1) is 12.4. The molecule has 2 N–H and O–H groups in total. The molecule has 152 valence electrons. The van der Waals surface area contributed by atoms with Gasteiger partial charge in [-0.15, -0.1) is 0 Å². The molecule has 0 aromatic heterocycles. The summed E-state index contributed by atoms with van der Waals surface area (Å²) in [6.07, 6.45) is -4.81. The number of nitrogens with zero attached hydrogens (tertiary/aromatic N) is 2. The van der Waals surface area contributed by atoms with Gasteiger partial charge in [0, 0.05) is 37.4 Å². The fourth-order valence-corrected chi connectivity index (χ4v) is 2.79. The number of halogens is 3. The minimum absolute atomic E-state index is 0.00736. The Labute approximate surface area is 157 Å². The van der Waals surface area contributed by atoms with Gasteiger partial charge in [-0.1, -0.05) is 0 Å². The van der Waals surface area contributed by atoms with E-state index in [-0.39, 0.29) is 23.6 Å². The van der Waals surface area contributed by atoms with Crippen LogP contribution in [0.15, 0.2) is 18.2 Å². The van der Waals surface area contributed by atoms with Crippen molar-refractivity contribution in [3.63, 3.8) is 0 Å². The Balaban J connectivity index is 2.05. The standard InChI is InChI=1S/C18H26F3N3O3/c1-12-10-23(7-8-24(12)16(25)27-17(2,3)4)13-5-6-14(22)15(9-13)26-11-18(19,20)21/h5-6,9,12H,7-8,10-11,22H2,1-4H3. The molecule has 1 atom stereocenters. The Morgan fingerprint density at radius 3 is 2.48 bits per heavy atom. The van der Waals surface area contributed by atoms with Crippen molar-refractivity contribution in [2.75, 3.05) is 36.9 Å². The van der Waals surface area contributed by atoms with Crippen LogP contribution >= 0.6 is 0 Å². The van der Waals surface area contributed by atoms with Gasteiger partial charge >= 0.3 is 12.3 Å². The van der Waals surface area contributed by atoms with Crippen LogP contribution in [0.3, 0.4) is 0 Å². The largest absolute Gasteiger partial charge is 0.482 e. The lowest BCUT2D eigenvalue weighted by Crippen LogP contribution is -2.55. The summed E-state index contributed by atoms with van der Waals surface area (Å²) in [4.78, 5) is 15.9. The second-order valence-electron chi connectivity index (χ2n) is 7.59. The number of ether oxygens (including phenoxy) is 2. The van der Waals surface area contributed by atoms with Gasteiger partial charge in [-0.05, 0) is 39.8 Å². The number of carbonyl (C=O) groups excluding carboxylic acids is 1. The normalized spacial score (nSPS) is 18.4. The molecule has 1 fully saturated rings. The number of nitrogens with two attached hydrogens (primary N) is 1. The number of piperazine rings is 1. The van der Waals surface area contributed by atoms with Crippen LogP contribution in [-0.2, 0) is 4.74 Å². The van der Waals surface area contributed by atoms with Gasteiger partial charge in [-0.25, -0.2) is 4.79 Å². The summed E-state index contributed by atoms with van der Waals surface area (Å²) in [5.41, 5.74) is 5.98. The number of anilines is 2. The highest BCUT2D eigenvalue weighted by Crippen LogP contribution is 2.30. The van der Waals surface area contributed by atoms with Gasteiger partial charge in [0.05, 0.1) is 5.69 Å². The summed E-state index contributed by atoms with van der Waals surface area (Å²) < 4.78 is 47.4. The summed E-state index contributed by atoms with van der Waals surface area (Å²) >= 11 is 0. The summed E-state index contributed by atoms with van der Waals surface area (Å²) in [5.74, 6) is -0.00736. The third-order valence-electron chi connectivity index (χ3n) is 4.01. The lowest BCUT2D eigenvalue weighted by molar-refractivity contribution is -0.153. The first-order valence-electron chi connectivity index (χ1n) is 8.69. The van der Waals surface area contributed by atoms with Crippen LogP contribution in [0.4, 0.5) is 29.3 Å². The Morgan fingerprint density at radius 1 is 1.26 bits per heavy atom. The van der Waals surface area contributed by atoms with Gasteiger partial charge in [0.25, 0.3) is 0 Å². The van der Waals surface area contributed by atoms with Crippen LogP contribution in [0.25, 0.3) is 0 Å². The van der Waals surface area contributed by atoms with E-state index < -0.39 is 18.4 Å². The summed E-state index contributed by atoms with van der Waals surface area (Å²) in [6, 6.07) is 4.62. The lowest BCUT2D eigenvalue weighted by Gasteiger charge is -2.41. The molecule has 1 aromatic carbocycles. The van der Waals surface area contributed by atoms with Crippen LogP contribution in [0.1, 0.15) is 27.7 Å². The topological polar surface area (TPSA) is 68.0 Å². The lowest BCUT2D eigenvalue weighted by atomic mass is 10.1. The smallest absolute Gasteiger partial charge is 0.422 e. The molecule has 1 amide bonds. The van der Waals surface area contributed by atoms with E-state index in [9.17, 15) is 18.0 Å². The number of carbonyl (C=O) groups is 1.